The first-order chi connectivity index (χ1) is 10.6. The summed E-state index contributed by atoms with van der Waals surface area (Å²) in [5.41, 5.74) is -8.23. The van der Waals surface area contributed by atoms with E-state index >= 15 is 0 Å². The highest BCUT2D eigenvalue weighted by Crippen LogP contribution is 2.63. The van der Waals surface area contributed by atoms with E-state index in [1.807, 2.05) is 0 Å². The second kappa shape index (κ2) is 5.97. The van der Waals surface area contributed by atoms with Crippen molar-refractivity contribution >= 4 is 0 Å². The molecule has 0 saturated heterocycles. The first kappa shape index (κ1) is 23.9. The molecule has 0 spiro atoms. The summed E-state index contributed by atoms with van der Waals surface area (Å²) in [4.78, 5) is 0. The van der Waals surface area contributed by atoms with Crippen LogP contribution in [0.4, 0.5) is 65.9 Å². The third-order valence-corrected chi connectivity index (χ3v) is 2.72. The van der Waals surface area contributed by atoms with Crippen LogP contribution >= 0.6 is 0 Å². The molecule has 0 rings (SSSR count). The number of ether oxygens (including phenoxy) is 1. The molecule has 1 unspecified atom stereocenters. The van der Waals surface area contributed by atoms with Gasteiger partial charge in [-0.2, -0.15) is 61.5 Å². The fourth-order valence-corrected chi connectivity index (χ4v) is 1.48. The number of hydrogen-bond donors (Lipinski definition) is 0. The largest absolute Gasteiger partial charge is 0.455 e. The lowest BCUT2D eigenvalue weighted by Crippen LogP contribution is -2.76. The molecule has 0 aromatic heterocycles. The predicted molar refractivity (Wildman–Crippen MR) is 47.4 cm³/mol. The Morgan fingerprint density at radius 3 is 1.04 bits per heavy atom. The van der Waals surface area contributed by atoms with Gasteiger partial charge in [0.15, 0.2) is 0 Å². The minimum absolute atomic E-state index is 0.268. The van der Waals surface area contributed by atoms with Crippen molar-refractivity contribution in [1.82, 2.24) is 0 Å². The average Bonchev–Trinajstić information content (AvgIpc) is 2.33. The van der Waals surface area contributed by atoms with E-state index < -0.39 is 48.5 Å². The van der Waals surface area contributed by atoms with E-state index in [-0.39, 0.29) is 6.92 Å². The maximum Gasteiger partial charge on any atom is 0.455 e. The minimum Gasteiger partial charge on any atom is -0.334 e. The van der Waals surface area contributed by atoms with E-state index in [4.69, 9.17) is 0 Å². The minimum atomic E-state index is -8.31. The van der Waals surface area contributed by atoms with E-state index in [0.29, 0.717) is 0 Å². The van der Waals surface area contributed by atoms with Crippen molar-refractivity contribution in [2.45, 2.75) is 48.8 Å². The van der Waals surface area contributed by atoms with Crippen LogP contribution in [0, 0.1) is 0 Å². The van der Waals surface area contributed by atoms with Crippen LogP contribution in [0.1, 0.15) is 6.92 Å². The zero-order chi connectivity index (χ0) is 20.9. The second-order valence-electron chi connectivity index (χ2n) is 4.33. The molecule has 0 aliphatic heterocycles. The Morgan fingerprint density at radius 2 is 0.840 bits per heavy atom. The zero-order valence-corrected chi connectivity index (χ0v) is 11.3. The Morgan fingerprint density at radius 1 is 0.520 bits per heavy atom. The summed E-state index contributed by atoms with van der Waals surface area (Å²) in [5.74, 6) is -23.4. The van der Waals surface area contributed by atoms with Crippen LogP contribution in [0.15, 0.2) is 0 Å². The summed E-state index contributed by atoms with van der Waals surface area (Å²) >= 11 is 0. The van der Waals surface area contributed by atoms with Gasteiger partial charge in [0.2, 0.25) is 0 Å². The monoisotopic (exact) mass is 414 g/mol. The highest BCUT2D eigenvalue weighted by molar-refractivity contribution is 5.15. The molecular weight excluding hydrogens is 409 g/mol. The molecule has 0 radical (unpaired) electrons. The Bertz CT molecular complexity index is 457. The fraction of sp³-hybridized carbons (Fsp3) is 1.00. The fourth-order valence-electron chi connectivity index (χ4n) is 1.48. The van der Waals surface area contributed by atoms with Crippen molar-refractivity contribution in [1.29, 1.82) is 0 Å². The van der Waals surface area contributed by atoms with Crippen molar-refractivity contribution in [3.05, 3.63) is 0 Å². The molecule has 1 atom stereocenters. The van der Waals surface area contributed by atoms with Crippen LogP contribution in [-0.2, 0) is 4.74 Å². The van der Waals surface area contributed by atoms with Gasteiger partial charge in [0.1, 0.15) is 0 Å². The molecular formula is C9H5F15O. The van der Waals surface area contributed by atoms with Gasteiger partial charge >= 0.3 is 41.9 Å². The molecule has 0 amide bonds. The maximum absolute atomic E-state index is 13.4. The Hall–Kier alpha value is -1.09. The number of alkyl halides is 15. The first-order valence-electron chi connectivity index (χ1n) is 5.53. The molecule has 1 nitrogen and oxygen atoms in total. The van der Waals surface area contributed by atoms with E-state index in [1.54, 1.807) is 0 Å². The summed E-state index contributed by atoms with van der Waals surface area (Å²) in [7, 11) is 0. The number of rotatable bonds is 5. The lowest BCUT2D eigenvalue weighted by atomic mass is 9.87. The molecule has 0 aromatic carbocycles. The van der Waals surface area contributed by atoms with E-state index in [2.05, 4.69) is 4.74 Å². The van der Waals surface area contributed by atoms with E-state index in [9.17, 15) is 65.9 Å². The lowest BCUT2D eigenvalue weighted by Gasteiger charge is -2.44. The molecule has 0 aliphatic rings. The van der Waals surface area contributed by atoms with Crippen LogP contribution in [0.3, 0.4) is 0 Å². The molecule has 25 heavy (non-hydrogen) atoms. The molecule has 0 bridgehead atoms. The molecule has 0 heterocycles. The summed E-state index contributed by atoms with van der Waals surface area (Å²) < 4.78 is 192. The first-order valence-corrected chi connectivity index (χ1v) is 5.53. The van der Waals surface area contributed by atoms with E-state index in [1.165, 1.54) is 0 Å². The van der Waals surface area contributed by atoms with Gasteiger partial charge in [0.25, 0.3) is 0 Å². The van der Waals surface area contributed by atoms with Crippen LogP contribution < -0.4 is 0 Å². The van der Waals surface area contributed by atoms with Crippen molar-refractivity contribution < 1.29 is 70.6 Å². The van der Waals surface area contributed by atoms with Gasteiger partial charge in [-0.3, -0.25) is 0 Å². The Kier molecular flexibility index (Phi) is 5.71. The average molecular weight is 414 g/mol. The van der Waals surface area contributed by atoms with E-state index in [0.717, 1.165) is 0 Å². The van der Waals surface area contributed by atoms with Gasteiger partial charge in [-0.15, -0.1) is 0 Å². The second-order valence-corrected chi connectivity index (χ2v) is 4.33. The molecule has 0 N–H and O–H groups in total. The highest BCUT2D eigenvalue weighted by atomic mass is 19.4. The normalized spacial score (nSPS) is 18.2. The van der Waals surface area contributed by atoms with Crippen LogP contribution in [-0.4, -0.2) is 48.5 Å². The lowest BCUT2D eigenvalue weighted by molar-refractivity contribution is -0.481. The molecule has 0 saturated carbocycles. The van der Waals surface area contributed by atoms with Crippen LogP contribution in [0.2, 0.25) is 0 Å². The standard InChI is InChI=1S/C9H5F15O/c1-2-25-6(15,9(22,23)24)5(13,14)4(11,12)3(10,7(16,17)18)8(19,20)21/h2H2,1H3. The predicted octanol–water partition coefficient (Wildman–Crippen LogP) is 5.35. The van der Waals surface area contributed by atoms with Crippen LogP contribution in [0.25, 0.3) is 0 Å². The smallest absolute Gasteiger partial charge is 0.334 e. The topological polar surface area (TPSA) is 9.23 Å². The van der Waals surface area contributed by atoms with Crippen molar-refractivity contribution in [3.8, 4) is 0 Å². The summed E-state index contributed by atoms with van der Waals surface area (Å²) in [6.07, 6.45) is -23.0. The van der Waals surface area contributed by atoms with Gasteiger partial charge in [0, 0.05) is 6.61 Å². The third kappa shape index (κ3) is 3.09. The summed E-state index contributed by atoms with van der Waals surface area (Å²) in [6, 6.07) is 0. The molecule has 16 heteroatoms. The van der Waals surface area contributed by atoms with Gasteiger partial charge in [-0.1, -0.05) is 0 Å². The SMILES string of the molecule is CCOC(F)(C(F)(F)F)C(F)(F)C(F)(F)C(F)(C(F)(F)F)C(F)(F)F. The van der Waals surface area contributed by atoms with Gasteiger partial charge < -0.3 is 4.74 Å². The maximum atomic E-state index is 13.4. The Labute approximate surface area is 127 Å². The molecule has 152 valence electrons. The summed E-state index contributed by atoms with van der Waals surface area (Å²) in [5, 5.41) is 0. The van der Waals surface area contributed by atoms with Crippen molar-refractivity contribution in [2.75, 3.05) is 6.61 Å². The van der Waals surface area contributed by atoms with Gasteiger partial charge in [0.05, 0.1) is 0 Å². The summed E-state index contributed by atoms with van der Waals surface area (Å²) in [6.45, 7) is -1.58. The molecule has 0 fully saturated rings. The molecule has 0 aliphatic carbocycles. The number of hydrogen-bond acceptors (Lipinski definition) is 1. The quantitative estimate of drug-likeness (QED) is 0.551. The van der Waals surface area contributed by atoms with Crippen molar-refractivity contribution in [2.24, 2.45) is 0 Å². The van der Waals surface area contributed by atoms with Gasteiger partial charge in [-0.05, 0) is 6.92 Å². The Balaban J connectivity index is 6.81. The zero-order valence-electron chi connectivity index (χ0n) is 11.3. The third-order valence-electron chi connectivity index (χ3n) is 2.72. The highest BCUT2D eigenvalue weighted by Gasteiger charge is 2.95. The van der Waals surface area contributed by atoms with Gasteiger partial charge in [-0.25, -0.2) is 4.39 Å². The van der Waals surface area contributed by atoms with Crippen molar-refractivity contribution in [3.63, 3.8) is 0 Å². The van der Waals surface area contributed by atoms with Crippen LogP contribution in [0.5, 0.6) is 0 Å². The number of halogens is 15. The molecule has 0 aromatic rings.